The molecule has 0 aliphatic heterocycles. The monoisotopic (exact) mass is 256 g/mol. The Morgan fingerprint density at radius 3 is 2.71 bits per heavy atom. The van der Waals surface area contributed by atoms with E-state index >= 15 is 0 Å². The van der Waals surface area contributed by atoms with Gasteiger partial charge in [-0.1, -0.05) is 31.9 Å². The van der Waals surface area contributed by atoms with E-state index in [1.807, 2.05) is 6.92 Å². The molecule has 1 heterocycles. The highest BCUT2D eigenvalue weighted by Crippen LogP contribution is 2.19. The topological polar surface area (TPSA) is 62.2 Å². The van der Waals surface area contributed by atoms with Crippen molar-refractivity contribution in [3.05, 3.63) is 22.8 Å². The molecule has 0 aromatic carbocycles. The summed E-state index contributed by atoms with van der Waals surface area (Å²) in [5.74, 6) is -0.0878. The van der Waals surface area contributed by atoms with Crippen LogP contribution >= 0.6 is 11.6 Å². The Morgan fingerprint density at radius 2 is 2.18 bits per heavy atom. The van der Waals surface area contributed by atoms with Crippen molar-refractivity contribution < 1.29 is 9.90 Å². The zero-order valence-electron chi connectivity index (χ0n) is 10.2. The number of aromatic nitrogens is 1. The van der Waals surface area contributed by atoms with Crippen molar-refractivity contribution in [3.8, 4) is 0 Å². The SMILES string of the molecule is CCC(C)C(C)Nc1ccc(Cl)c(C(=O)O)n1. The molecule has 0 aliphatic carbocycles. The van der Waals surface area contributed by atoms with Gasteiger partial charge in [-0.2, -0.15) is 0 Å². The molecular formula is C12H17ClN2O2. The van der Waals surface area contributed by atoms with Gasteiger partial charge in [-0.3, -0.25) is 0 Å². The molecule has 1 aromatic rings. The van der Waals surface area contributed by atoms with Crippen LogP contribution in [-0.2, 0) is 0 Å². The van der Waals surface area contributed by atoms with Crippen molar-refractivity contribution in [2.24, 2.45) is 5.92 Å². The highest BCUT2D eigenvalue weighted by molar-refractivity contribution is 6.33. The molecule has 94 valence electrons. The van der Waals surface area contributed by atoms with Gasteiger partial charge < -0.3 is 10.4 Å². The van der Waals surface area contributed by atoms with Gasteiger partial charge in [-0.15, -0.1) is 0 Å². The maximum atomic E-state index is 10.9. The van der Waals surface area contributed by atoms with E-state index in [1.165, 1.54) is 0 Å². The first-order chi connectivity index (χ1) is 7.95. The lowest BCUT2D eigenvalue weighted by atomic mass is 10.0. The van der Waals surface area contributed by atoms with Gasteiger partial charge in [0.05, 0.1) is 5.02 Å². The summed E-state index contributed by atoms with van der Waals surface area (Å²) in [5, 5.41) is 12.2. The number of carboxylic acids is 1. The highest BCUT2D eigenvalue weighted by Gasteiger charge is 2.14. The van der Waals surface area contributed by atoms with E-state index in [2.05, 4.69) is 24.1 Å². The number of aromatic carboxylic acids is 1. The Balaban J connectivity index is 2.86. The van der Waals surface area contributed by atoms with Gasteiger partial charge >= 0.3 is 5.97 Å². The molecule has 17 heavy (non-hydrogen) atoms. The maximum absolute atomic E-state index is 10.9. The zero-order valence-corrected chi connectivity index (χ0v) is 11.0. The predicted molar refractivity (Wildman–Crippen MR) is 68.7 cm³/mol. The molecule has 2 N–H and O–H groups in total. The lowest BCUT2D eigenvalue weighted by molar-refractivity contribution is 0.0691. The molecule has 5 heteroatoms. The molecule has 2 unspecified atom stereocenters. The van der Waals surface area contributed by atoms with Crippen LogP contribution < -0.4 is 5.32 Å². The van der Waals surface area contributed by atoms with Crippen LogP contribution in [0.1, 0.15) is 37.7 Å². The van der Waals surface area contributed by atoms with E-state index in [4.69, 9.17) is 16.7 Å². The number of anilines is 1. The first-order valence-corrected chi connectivity index (χ1v) is 5.99. The molecule has 0 fully saturated rings. The molecule has 0 bridgehead atoms. The average molecular weight is 257 g/mol. The number of pyridine rings is 1. The van der Waals surface area contributed by atoms with Gasteiger partial charge in [-0.05, 0) is 25.0 Å². The predicted octanol–water partition coefficient (Wildman–Crippen LogP) is 3.28. The van der Waals surface area contributed by atoms with E-state index in [0.29, 0.717) is 11.7 Å². The fourth-order valence-electron chi connectivity index (χ4n) is 1.40. The van der Waals surface area contributed by atoms with Crippen LogP contribution in [-0.4, -0.2) is 22.1 Å². The Hall–Kier alpha value is -1.29. The van der Waals surface area contributed by atoms with E-state index in [9.17, 15) is 4.79 Å². The number of halogens is 1. The molecule has 0 spiro atoms. The van der Waals surface area contributed by atoms with Crippen molar-refractivity contribution in [1.82, 2.24) is 4.98 Å². The Morgan fingerprint density at radius 1 is 1.53 bits per heavy atom. The number of nitrogens with one attached hydrogen (secondary N) is 1. The minimum absolute atomic E-state index is 0.118. The molecule has 2 atom stereocenters. The Labute approximate surface area is 106 Å². The Bertz CT molecular complexity index is 409. The standard InChI is InChI=1S/C12H17ClN2O2/c1-4-7(2)8(3)14-10-6-5-9(13)11(15-10)12(16)17/h5-8H,4H2,1-3H3,(H,14,15)(H,16,17). The van der Waals surface area contributed by atoms with Gasteiger partial charge in [0.25, 0.3) is 0 Å². The van der Waals surface area contributed by atoms with Crippen molar-refractivity contribution >= 4 is 23.4 Å². The smallest absolute Gasteiger partial charge is 0.356 e. The van der Waals surface area contributed by atoms with Crippen molar-refractivity contribution in [2.75, 3.05) is 5.32 Å². The summed E-state index contributed by atoms with van der Waals surface area (Å²) < 4.78 is 0. The second-order valence-electron chi connectivity index (χ2n) is 4.15. The van der Waals surface area contributed by atoms with Crippen LogP contribution in [0.15, 0.2) is 12.1 Å². The van der Waals surface area contributed by atoms with Crippen molar-refractivity contribution in [2.45, 2.75) is 33.2 Å². The van der Waals surface area contributed by atoms with Crippen LogP contribution in [0.5, 0.6) is 0 Å². The third-order valence-corrected chi connectivity index (χ3v) is 3.23. The third kappa shape index (κ3) is 3.60. The number of carboxylic acid groups (broad SMARTS) is 1. The van der Waals surface area contributed by atoms with Crippen molar-refractivity contribution in [3.63, 3.8) is 0 Å². The lowest BCUT2D eigenvalue weighted by Crippen LogP contribution is -2.24. The summed E-state index contributed by atoms with van der Waals surface area (Å²) in [7, 11) is 0. The quantitative estimate of drug-likeness (QED) is 0.849. The first-order valence-electron chi connectivity index (χ1n) is 5.62. The number of carbonyl (C=O) groups is 1. The molecule has 0 radical (unpaired) electrons. The number of hydrogen-bond donors (Lipinski definition) is 2. The molecule has 0 saturated heterocycles. The third-order valence-electron chi connectivity index (χ3n) is 2.92. The van der Waals surface area contributed by atoms with Crippen molar-refractivity contribution in [1.29, 1.82) is 0 Å². The molecule has 0 saturated carbocycles. The van der Waals surface area contributed by atoms with Crippen LogP contribution in [0.4, 0.5) is 5.82 Å². The summed E-state index contributed by atoms with van der Waals surface area (Å²) in [6.07, 6.45) is 1.05. The first kappa shape index (κ1) is 13.8. The number of nitrogens with zero attached hydrogens (tertiary/aromatic N) is 1. The lowest BCUT2D eigenvalue weighted by Gasteiger charge is -2.20. The summed E-state index contributed by atoms with van der Waals surface area (Å²) in [6.45, 7) is 6.29. The zero-order chi connectivity index (χ0) is 13.0. The second-order valence-corrected chi connectivity index (χ2v) is 4.56. The normalized spacial score (nSPS) is 14.1. The van der Waals surface area contributed by atoms with Gasteiger partial charge in [0, 0.05) is 6.04 Å². The van der Waals surface area contributed by atoms with E-state index < -0.39 is 5.97 Å². The van der Waals surface area contributed by atoms with E-state index in [0.717, 1.165) is 6.42 Å². The Kier molecular flexibility index (Phi) is 4.75. The minimum Gasteiger partial charge on any atom is -0.476 e. The highest BCUT2D eigenvalue weighted by atomic mass is 35.5. The largest absolute Gasteiger partial charge is 0.476 e. The van der Waals surface area contributed by atoms with Crippen LogP contribution in [0.2, 0.25) is 5.02 Å². The van der Waals surface area contributed by atoms with E-state index in [-0.39, 0.29) is 16.8 Å². The summed E-state index contributed by atoms with van der Waals surface area (Å²) in [5.41, 5.74) is -0.118. The number of rotatable bonds is 5. The van der Waals surface area contributed by atoms with Crippen LogP contribution in [0.25, 0.3) is 0 Å². The average Bonchev–Trinajstić information content (AvgIpc) is 2.30. The minimum atomic E-state index is -1.12. The maximum Gasteiger partial charge on any atom is 0.356 e. The molecule has 1 aromatic heterocycles. The molecule has 1 rings (SSSR count). The summed E-state index contributed by atoms with van der Waals surface area (Å²) in [4.78, 5) is 14.9. The van der Waals surface area contributed by atoms with E-state index in [1.54, 1.807) is 12.1 Å². The number of hydrogen-bond acceptors (Lipinski definition) is 3. The second kappa shape index (κ2) is 5.87. The fourth-order valence-corrected chi connectivity index (χ4v) is 1.59. The molecule has 0 aliphatic rings. The van der Waals surface area contributed by atoms with Crippen LogP contribution in [0.3, 0.4) is 0 Å². The molecule has 4 nitrogen and oxygen atoms in total. The van der Waals surface area contributed by atoms with Gasteiger partial charge in [0.2, 0.25) is 0 Å². The molecular weight excluding hydrogens is 240 g/mol. The summed E-state index contributed by atoms with van der Waals surface area (Å²) in [6, 6.07) is 3.47. The van der Waals surface area contributed by atoms with Gasteiger partial charge in [0.15, 0.2) is 5.69 Å². The molecule has 0 amide bonds. The van der Waals surface area contributed by atoms with Gasteiger partial charge in [-0.25, -0.2) is 9.78 Å². The summed E-state index contributed by atoms with van der Waals surface area (Å²) >= 11 is 5.75. The van der Waals surface area contributed by atoms with Crippen LogP contribution in [0, 0.1) is 5.92 Å². The fraction of sp³-hybridized carbons (Fsp3) is 0.500. The van der Waals surface area contributed by atoms with Gasteiger partial charge in [0.1, 0.15) is 5.82 Å².